The molecular formula is C20H27FN2. The number of likely N-dealkylation sites (tertiary alicyclic amines) is 1. The molecule has 0 atom stereocenters. The van der Waals surface area contributed by atoms with Crippen LogP contribution >= 0.6 is 0 Å². The molecule has 2 heterocycles. The van der Waals surface area contributed by atoms with Crippen molar-refractivity contribution < 1.29 is 4.39 Å². The molecule has 124 valence electrons. The van der Waals surface area contributed by atoms with Gasteiger partial charge in [-0.05, 0) is 74.5 Å². The summed E-state index contributed by atoms with van der Waals surface area (Å²) in [4.78, 5) is 5.90. The van der Waals surface area contributed by atoms with E-state index in [0.29, 0.717) is 5.92 Å². The molecule has 2 nitrogen and oxygen atoms in total. The van der Waals surface area contributed by atoms with Crippen LogP contribution in [-0.4, -0.2) is 29.5 Å². The van der Waals surface area contributed by atoms with Crippen LogP contribution in [0.25, 0.3) is 10.9 Å². The zero-order valence-corrected chi connectivity index (χ0v) is 13.9. The summed E-state index contributed by atoms with van der Waals surface area (Å²) in [7, 11) is 0. The van der Waals surface area contributed by atoms with Gasteiger partial charge in [-0.3, -0.25) is 0 Å². The summed E-state index contributed by atoms with van der Waals surface area (Å²) in [6.45, 7) is 3.72. The van der Waals surface area contributed by atoms with E-state index in [1.54, 1.807) is 12.1 Å². The minimum absolute atomic E-state index is 0.160. The molecule has 1 N–H and O–H groups in total. The van der Waals surface area contributed by atoms with E-state index in [4.69, 9.17) is 0 Å². The molecule has 1 aliphatic heterocycles. The minimum Gasteiger partial charge on any atom is -0.361 e. The maximum absolute atomic E-state index is 13.3. The predicted octanol–water partition coefficient (Wildman–Crippen LogP) is 5.07. The molecule has 23 heavy (non-hydrogen) atoms. The van der Waals surface area contributed by atoms with E-state index in [1.165, 1.54) is 75.5 Å². The molecule has 1 aromatic heterocycles. The number of aromatic nitrogens is 1. The molecule has 2 aliphatic rings. The summed E-state index contributed by atoms with van der Waals surface area (Å²) >= 11 is 0. The first kappa shape index (κ1) is 15.2. The first-order valence-corrected chi connectivity index (χ1v) is 9.28. The van der Waals surface area contributed by atoms with Crippen LogP contribution in [0.3, 0.4) is 0 Å². The van der Waals surface area contributed by atoms with E-state index in [2.05, 4.69) is 16.1 Å². The Labute approximate surface area is 138 Å². The van der Waals surface area contributed by atoms with E-state index in [0.717, 1.165) is 11.4 Å². The predicted molar refractivity (Wildman–Crippen MR) is 93.2 cm³/mol. The van der Waals surface area contributed by atoms with Crippen molar-refractivity contribution in [1.82, 2.24) is 9.88 Å². The summed E-state index contributed by atoms with van der Waals surface area (Å²) in [5.74, 6) is 1.46. The summed E-state index contributed by atoms with van der Waals surface area (Å²) in [5, 5.41) is 1.20. The lowest BCUT2D eigenvalue weighted by Crippen LogP contribution is -2.34. The number of halogens is 1. The molecule has 1 saturated heterocycles. The van der Waals surface area contributed by atoms with Gasteiger partial charge >= 0.3 is 0 Å². The van der Waals surface area contributed by atoms with Crippen molar-refractivity contribution in [3.8, 4) is 0 Å². The fraction of sp³-hybridized carbons (Fsp3) is 0.600. The van der Waals surface area contributed by atoms with Crippen molar-refractivity contribution in [3.63, 3.8) is 0 Å². The Balaban J connectivity index is 1.35. The van der Waals surface area contributed by atoms with Crippen LogP contribution in [0.4, 0.5) is 4.39 Å². The largest absolute Gasteiger partial charge is 0.361 e. The van der Waals surface area contributed by atoms with Crippen LogP contribution in [0.1, 0.15) is 56.4 Å². The molecule has 1 saturated carbocycles. The van der Waals surface area contributed by atoms with Crippen LogP contribution < -0.4 is 0 Å². The Morgan fingerprint density at radius 2 is 1.87 bits per heavy atom. The highest BCUT2D eigenvalue weighted by atomic mass is 19.1. The van der Waals surface area contributed by atoms with Crippen molar-refractivity contribution in [2.24, 2.45) is 5.92 Å². The fourth-order valence-corrected chi connectivity index (χ4v) is 4.59. The number of H-pyrrole nitrogens is 1. The maximum Gasteiger partial charge on any atom is 0.125 e. The molecule has 0 unspecified atom stereocenters. The summed E-state index contributed by atoms with van der Waals surface area (Å²) in [6, 6.07) is 5.12. The average Bonchev–Trinajstić information content (AvgIpc) is 3.22. The van der Waals surface area contributed by atoms with Gasteiger partial charge < -0.3 is 9.88 Å². The lowest BCUT2D eigenvalue weighted by molar-refractivity contribution is 0.199. The van der Waals surface area contributed by atoms with Crippen LogP contribution in [0.2, 0.25) is 0 Å². The Kier molecular flexibility index (Phi) is 4.39. The Hall–Kier alpha value is -1.35. The van der Waals surface area contributed by atoms with Gasteiger partial charge in [0.25, 0.3) is 0 Å². The number of nitrogens with zero attached hydrogens (tertiary/aromatic N) is 1. The van der Waals surface area contributed by atoms with Crippen LogP contribution in [0, 0.1) is 11.7 Å². The molecule has 1 aliphatic carbocycles. The van der Waals surface area contributed by atoms with Gasteiger partial charge in [-0.2, -0.15) is 0 Å². The second-order valence-corrected chi connectivity index (χ2v) is 7.49. The third-order valence-electron chi connectivity index (χ3n) is 6.03. The third-order valence-corrected chi connectivity index (χ3v) is 6.03. The van der Waals surface area contributed by atoms with Crippen LogP contribution in [0.5, 0.6) is 0 Å². The van der Waals surface area contributed by atoms with E-state index >= 15 is 0 Å². The highest BCUT2D eigenvalue weighted by Crippen LogP contribution is 2.34. The highest BCUT2D eigenvalue weighted by Gasteiger charge is 2.24. The van der Waals surface area contributed by atoms with Gasteiger partial charge in [0.05, 0.1) is 0 Å². The molecule has 0 amide bonds. The first-order chi connectivity index (χ1) is 11.3. The van der Waals surface area contributed by atoms with Gasteiger partial charge in [0, 0.05) is 17.1 Å². The van der Waals surface area contributed by atoms with E-state index in [9.17, 15) is 4.39 Å². The number of piperidine rings is 1. The van der Waals surface area contributed by atoms with Crippen molar-refractivity contribution in [1.29, 1.82) is 0 Å². The smallest absolute Gasteiger partial charge is 0.125 e. The molecule has 2 fully saturated rings. The second-order valence-electron chi connectivity index (χ2n) is 7.49. The lowest BCUT2D eigenvalue weighted by atomic mass is 9.89. The van der Waals surface area contributed by atoms with Crippen molar-refractivity contribution >= 4 is 10.9 Å². The van der Waals surface area contributed by atoms with E-state index in [1.807, 2.05) is 6.07 Å². The normalized spacial score (nSPS) is 21.4. The van der Waals surface area contributed by atoms with Crippen LogP contribution in [0.15, 0.2) is 24.4 Å². The molecule has 4 rings (SSSR count). The van der Waals surface area contributed by atoms with E-state index in [-0.39, 0.29) is 5.82 Å². The summed E-state index contributed by atoms with van der Waals surface area (Å²) in [6.07, 6.45) is 11.8. The van der Waals surface area contributed by atoms with Crippen molar-refractivity contribution in [2.75, 3.05) is 19.6 Å². The zero-order valence-electron chi connectivity index (χ0n) is 13.9. The number of rotatable bonds is 4. The summed E-state index contributed by atoms with van der Waals surface area (Å²) < 4.78 is 13.3. The van der Waals surface area contributed by atoms with Crippen molar-refractivity contribution in [3.05, 3.63) is 35.8 Å². The third kappa shape index (κ3) is 3.30. The number of nitrogens with one attached hydrogen (secondary N) is 1. The molecule has 0 spiro atoms. The Bertz CT molecular complexity index is 649. The maximum atomic E-state index is 13.3. The average molecular weight is 314 g/mol. The lowest BCUT2D eigenvalue weighted by Gasteiger charge is -2.32. The van der Waals surface area contributed by atoms with Gasteiger partial charge in [-0.15, -0.1) is 0 Å². The molecule has 0 radical (unpaired) electrons. The van der Waals surface area contributed by atoms with Crippen LogP contribution in [-0.2, 0) is 0 Å². The van der Waals surface area contributed by atoms with Gasteiger partial charge in [-0.1, -0.05) is 25.7 Å². The first-order valence-electron chi connectivity index (χ1n) is 9.28. The number of benzene rings is 1. The fourth-order valence-electron chi connectivity index (χ4n) is 4.59. The molecule has 1 aromatic carbocycles. The monoisotopic (exact) mass is 314 g/mol. The van der Waals surface area contributed by atoms with Crippen molar-refractivity contribution in [2.45, 2.75) is 50.9 Å². The van der Waals surface area contributed by atoms with Gasteiger partial charge in [0.2, 0.25) is 0 Å². The van der Waals surface area contributed by atoms with E-state index < -0.39 is 0 Å². The molecular weight excluding hydrogens is 287 g/mol. The minimum atomic E-state index is -0.160. The quantitative estimate of drug-likeness (QED) is 0.835. The zero-order chi connectivity index (χ0) is 15.6. The topological polar surface area (TPSA) is 19.0 Å². The number of fused-ring (bicyclic) bond motifs is 1. The second kappa shape index (κ2) is 6.64. The highest BCUT2D eigenvalue weighted by molar-refractivity contribution is 5.83. The Morgan fingerprint density at radius 1 is 1.09 bits per heavy atom. The molecule has 3 heteroatoms. The standard InChI is InChI=1S/C20H27FN2/c21-17-5-6-18-19(14-22-20(18)13-17)16-8-11-23(12-9-16)10-7-15-3-1-2-4-15/h5-6,13-16,22H,1-4,7-12H2. The van der Waals surface area contributed by atoms with Gasteiger partial charge in [0.1, 0.15) is 5.82 Å². The van der Waals surface area contributed by atoms with Gasteiger partial charge in [0.15, 0.2) is 0 Å². The van der Waals surface area contributed by atoms with Gasteiger partial charge in [-0.25, -0.2) is 4.39 Å². The molecule has 0 bridgehead atoms. The number of hydrogen-bond donors (Lipinski definition) is 1. The molecule has 2 aromatic rings. The summed E-state index contributed by atoms with van der Waals surface area (Å²) in [5.41, 5.74) is 2.32. The number of aromatic amines is 1. The number of hydrogen-bond acceptors (Lipinski definition) is 1. The SMILES string of the molecule is Fc1ccc2c(C3CCN(CCC4CCCC4)CC3)c[nH]c2c1. The Morgan fingerprint density at radius 3 is 2.65 bits per heavy atom.